The van der Waals surface area contributed by atoms with Crippen molar-refractivity contribution in [2.45, 2.75) is 13.0 Å². The van der Waals surface area contributed by atoms with Gasteiger partial charge in [-0.1, -0.05) is 36.4 Å². The maximum Gasteiger partial charge on any atom is 0.331 e. The van der Waals surface area contributed by atoms with Crippen LogP contribution in [0.4, 0.5) is 5.69 Å². The monoisotopic (exact) mass is 491 g/mol. The molecule has 0 aliphatic carbocycles. The van der Waals surface area contributed by atoms with Gasteiger partial charge in [-0.05, 0) is 48.4 Å². The standard InChI is InChI=1S/C28H29NO7/c1-18-11-13-22(32-2)21(15-18)29-28(31)26(20-9-7-6-8-10-20)36-25(30)14-12-19-16-23(33-3)27(35-5)24(17-19)34-4/h6-17,26H,1-5H3,(H,29,31)/b14-12+. The Hall–Kier alpha value is -4.46. The van der Waals surface area contributed by atoms with E-state index < -0.39 is 18.0 Å². The van der Waals surface area contributed by atoms with Crippen LogP contribution >= 0.6 is 0 Å². The third-order valence-electron chi connectivity index (χ3n) is 5.29. The topological polar surface area (TPSA) is 92.3 Å². The van der Waals surface area contributed by atoms with Gasteiger partial charge in [-0.15, -0.1) is 0 Å². The van der Waals surface area contributed by atoms with E-state index in [4.69, 9.17) is 23.7 Å². The molecule has 3 aromatic rings. The molecule has 36 heavy (non-hydrogen) atoms. The molecule has 0 fully saturated rings. The van der Waals surface area contributed by atoms with Crippen molar-refractivity contribution >= 4 is 23.6 Å². The molecule has 0 spiro atoms. The molecule has 0 bridgehead atoms. The summed E-state index contributed by atoms with van der Waals surface area (Å²) in [5.41, 5.74) is 2.56. The van der Waals surface area contributed by atoms with Crippen molar-refractivity contribution in [3.05, 3.63) is 83.4 Å². The minimum Gasteiger partial charge on any atom is -0.495 e. The normalized spacial score (nSPS) is 11.5. The molecule has 0 aromatic heterocycles. The lowest BCUT2D eigenvalue weighted by atomic mass is 10.1. The largest absolute Gasteiger partial charge is 0.495 e. The number of amides is 1. The lowest BCUT2D eigenvalue weighted by Crippen LogP contribution is -2.25. The molecule has 0 saturated heterocycles. The second kappa shape index (κ2) is 12.3. The Kier molecular flexibility index (Phi) is 8.94. The summed E-state index contributed by atoms with van der Waals surface area (Å²) in [4.78, 5) is 26.0. The van der Waals surface area contributed by atoms with Gasteiger partial charge >= 0.3 is 5.97 Å². The Morgan fingerprint density at radius 3 is 2.03 bits per heavy atom. The highest BCUT2D eigenvalue weighted by atomic mass is 16.5. The molecular weight excluding hydrogens is 462 g/mol. The van der Waals surface area contributed by atoms with Gasteiger partial charge in [0, 0.05) is 11.6 Å². The van der Waals surface area contributed by atoms with Crippen molar-refractivity contribution in [1.82, 2.24) is 0 Å². The van der Waals surface area contributed by atoms with E-state index in [0.29, 0.717) is 39.8 Å². The summed E-state index contributed by atoms with van der Waals surface area (Å²) >= 11 is 0. The summed E-state index contributed by atoms with van der Waals surface area (Å²) < 4.78 is 26.9. The summed E-state index contributed by atoms with van der Waals surface area (Å²) in [6.45, 7) is 1.90. The number of hydrogen-bond acceptors (Lipinski definition) is 7. The minimum atomic E-state index is -1.19. The zero-order valence-electron chi connectivity index (χ0n) is 20.9. The summed E-state index contributed by atoms with van der Waals surface area (Å²) in [5.74, 6) is 0.599. The van der Waals surface area contributed by atoms with Crippen LogP contribution in [0.2, 0.25) is 0 Å². The zero-order valence-corrected chi connectivity index (χ0v) is 20.9. The predicted molar refractivity (Wildman–Crippen MR) is 137 cm³/mol. The van der Waals surface area contributed by atoms with E-state index in [9.17, 15) is 9.59 Å². The first-order valence-electron chi connectivity index (χ1n) is 11.1. The second-order valence-corrected chi connectivity index (χ2v) is 7.71. The van der Waals surface area contributed by atoms with Crippen molar-refractivity contribution in [3.8, 4) is 23.0 Å². The molecule has 0 heterocycles. The highest BCUT2D eigenvalue weighted by molar-refractivity contribution is 5.98. The molecule has 8 heteroatoms. The molecule has 3 rings (SSSR count). The van der Waals surface area contributed by atoms with Gasteiger partial charge in [0.2, 0.25) is 11.9 Å². The van der Waals surface area contributed by atoms with Gasteiger partial charge in [-0.2, -0.15) is 0 Å². The van der Waals surface area contributed by atoms with Gasteiger partial charge in [-0.3, -0.25) is 4.79 Å². The third-order valence-corrected chi connectivity index (χ3v) is 5.29. The number of anilines is 1. The van der Waals surface area contributed by atoms with Crippen LogP contribution in [0.3, 0.4) is 0 Å². The number of benzene rings is 3. The third kappa shape index (κ3) is 6.35. The molecule has 1 amide bonds. The smallest absolute Gasteiger partial charge is 0.331 e. The highest BCUT2D eigenvalue weighted by Gasteiger charge is 2.25. The fraction of sp³-hybridized carbons (Fsp3) is 0.214. The van der Waals surface area contributed by atoms with Crippen molar-refractivity contribution in [2.75, 3.05) is 33.8 Å². The Morgan fingerprint density at radius 2 is 1.44 bits per heavy atom. The average Bonchev–Trinajstić information content (AvgIpc) is 2.90. The summed E-state index contributed by atoms with van der Waals surface area (Å²) in [6.07, 6.45) is 1.58. The van der Waals surface area contributed by atoms with Crippen LogP contribution in [0, 0.1) is 6.92 Å². The molecular formula is C28H29NO7. The Morgan fingerprint density at radius 1 is 0.806 bits per heavy atom. The van der Waals surface area contributed by atoms with E-state index in [2.05, 4.69) is 5.32 Å². The van der Waals surface area contributed by atoms with E-state index >= 15 is 0 Å². The maximum atomic E-state index is 13.2. The molecule has 188 valence electrons. The lowest BCUT2D eigenvalue weighted by molar-refractivity contribution is -0.149. The number of aryl methyl sites for hydroxylation is 1. The first-order valence-corrected chi connectivity index (χ1v) is 11.1. The van der Waals surface area contributed by atoms with Crippen LogP contribution in [0.15, 0.2) is 66.7 Å². The molecule has 1 N–H and O–H groups in total. The number of esters is 1. The van der Waals surface area contributed by atoms with E-state index in [0.717, 1.165) is 5.56 Å². The molecule has 0 aliphatic heterocycles. The van der Waals surface area contributed by atoms with Gasteiger partial charge in [0.15, 0.2) is 11.5 Å². The SMILES string of the molecule is COc1ccc(C)cc1NC(=O)C(OC(=O)/C=C/c1cc(OC)c(OC)c(OC)c1)c1ccccc1. The summed E-state index contributed by atoms with van der Waals surface area (Å²) in [6, 6.07) is 17.6. The predicted octanol–water partition coefficient (Wildman–Crippen LogP) is 4.97. The van der Waals surface area contributed by atoms with Gasteiger partial charge in [0.05, 0.1) is 34.1 Å². The van der Waals surface area contributed by atoms with E-state index in [-0.39, 0.29) is 0 Å². The summed E-state index contributed by atoms with van der Waals surface area (Å²) in [7, 11) is 6.04. The van der Waals surface area contributed by atoms with E-state index in [1.54, 1.807) is 48.5 Å². The molecule has 0 aliphatic rings. The van der Waals surface area contributed by atoms with E-state index in [1.807, 2.05) is 19.1 Å². The van der Waals surface area contributed by atoms with Crippen LogP contribution < -0.4 is 24.3 Å². The molecule has 1 atom stereocenters. The average molecular weight is 492 g/mol. The van der Waals surface area contributed by atoms with Gasteiger partial charge in [-0.25, -0.2) is 4.79 Å². The number of ether oxygens (including phenoxy) is 5. The quantitative estimate of drug-likeness (QED) is 0.316. The molecule has 0 saturated carbocycles. The van der Waals surface area contributed by atoms with Crippen molar-refractivity contribution in [1.29, 1.82) is 0 Å². The first-order chi connectivity index (χ1) is 17.4. The van der Waals surface area contributed by atoms with Crippen LogP contribution in [0.5, 0.6) is 23.0 Å². The van der Waals surface area contributed by atoms with Gasteiger partial charge in [0.1, 0.15) is 5.75 Å². The van der Waals surface area contributed by atoms with Gasteiger partial charge < -0.3 is 29.0 Å². The van der Waals surface area contributed by atoms with E-state index in [1.165, 1.54) is 40.6 Å². The maximum absolute atomic E-state index is 13.2. The lowest BCUT2D eigenvalue weighted by Gasteiger charge is -2.18. The van der Waals surface area contributed by atoms with Crippen LogP contribution in [0.1, 0.15) is 22.8 Å². The fourth-order valence-electron chi connectivity index (χ4n) is 3.54. The van der Waals surface area contributed by atoms with Crippen molar-refractivity contribution in [2.24, 2.45) is 0 Å². The van der Waals surface area contributed by atoms with Crippen LogP contribution in [-0.4, -0.2) is 40.3 Å². The molecule has 3 aromatic carbocycles. The number of methoxy groups -OCH3 is 4. The minimum absolute atomic E-state index is 0.437. The zero-order chi connectivity index (χ0) is 26.1. The van der Waals surface area contributed by atoms with Crippen molar-refractivity contribution < 1.29 is 33.3 Å². The first kappa shape index (κ1) is 26.2. The number of hydrogen-bond donors (Lipinski definition) is 1. The van der Waals surface area contributed by atoms with Gasteiger partial charge in [0.25, 0.3) is 5.91 Å². The highest BCUT2D eigenvalue weighted by Crippen LogP contribution is 2.38. The number of carbonyl (C=O) groups is 2. The fourth-order valence-corrected chi connectivity index (χ4v) is 3.54. The summed E-state index contributed by atoms with van der Waals surface area (Å²) in [5, 5.41) is 2.81. The number of carbonyl (C=O) groups excluding carboxylic acids is 2. The molecule has 1 unspecified atom stereocenters. The van der Waals surface area contributed by atoms with Crippen molar-refractivity contribution in [3.63, 3.8) is 0 Å². The molecule has 8 nitrogen and oxygen atoms in total. The van der Waals surface area contributed by atoms with Crippen LogP contribution in [0.25, 0.3) is 6.08 Å². The van der Waals surface area contributed by atoms with Crippen LogP contribution in [-0.2, 0) is 14.3 Å². The number of rotatable bonds is 10. The second-order valence-electron chi connectivity index (χ2n) is 7.71. The number of nitrogens with one attached hydrogen (secondary N) is 1. The Balaban J connectivity index is 1.84. The Labute approximate surface area is 210 Å². The Bertz CT molecular complexity index is 1210. The molecule has 0 radical (unpaired) electrons.